The molecule has 0 aliphatic carbocycles. The van der Waals surface area contributed by atoms with Gasteiger partial charge in [0.1, 0.15) is 35.9 Å². The van der Waals surface area contributed by atoms with E-state index in [1.54, 1.807) is 49.5 Å². The maximum atomic E-state index is 14.5. The maximum absolute atomic E-state index is 14.5. The first kappa shape index (κ1) is 59.3. The van der Waals surface area contributed by atoms with Gasteiger partial charge >= 0.3 is 13.3 Å². The molecule has 3 fully saturated rings. The van der Waals surface area contributed by atoms with Crippen LogP contribution in [0.15, 0.2) is 72.8 Å². The van der Waals surface area contributed by atoms with Crippen LogP contribution < -0.4 is 32.3 Å². The number of nitrogens with one attached hydrogen (secondary N) is 6. The van der Waals surface area contributed by atoms with E-state index in [1.807, 2.05) is 11.0 Å². The SMILES string of the molecule is CN1CC[C@H]2CC[C@@H](C(=O)N[C@@H](CCC(N)=O)C(=O)N[C@H](C(=O)NCCCCCCCC#Cc3cccc4c3CN(C3CCC(=O)NC3=O)C4=O)c3ccccc3)N2C(=O)[C@@H](NC(=O)c2cc3cc(C(F)(F)P(=O)(O)O)ccc3[nH]2)C1. The number of halogens is 2. The zero-order valence-electron chi connectivity index (χ0n) is 44.5. The van der Waals surface area contributed by atoms with Crippen LogP contribution >= 0.6 is 7.60 Å². The first-order valence-electron chi connectivity index (χ1n) is 27.0. The van der Waals surface area contributed by atoms with Crippen molar-refractivity contribution < 1.29 is 66.3 Å². The van der Waals surface area contributed by atoms with E-state index in [4.69, 9.17) is 5.73 Å². The lowest BCUT2D eigenvalue weighted by molar-refractivity contribution is -0.144. The van der Waals surface area contributed by atoms with E-state index < -0.39 is 96.4 Å². The van der Waals surface area contributed by atoms with Gasteiger partial charge in [0.25, 0.3) is 11.8 Å². The Morgan fingerprint density at radius 1 is 0.889 bits per heavy atom. The molecule has 10 N–H and O–H groups in total. The summed E-state index contributed by atoms with van der Waals surface area (Å²) in [5, 5.41) is 13.4. The second-order valence-corrected chi connectivity index (χ2v) is 22.6. The molecule has 0 bridgehead atoms. The van der Waals surface area contributed by atoms with Crippen LogP contribution in [0.1, 0.15) is 133 Å². The molecular weight excluding hydrogens is 1070 g/mol. The van der Waals surface area contributed by atoms with Crippen molar-refractivity contribution >= 4 is 71.7 Å². The number of hydrogen-bond acceptors (Lipinski definition) is 11. The third kappa shape index (κ3) is 14.0. The smallest absolute Gasteiger partial charge is 0.370 e. The number of aromatic nitrogens is 1. The van der Waals surface area contributed by atoms with Crippen molar-refractivity contribution in [1.29, 1.82) is 0 Å². The van der Waals surface area contributed by atoms with Crippen LogP contribution in [0.4, 0.5) is 8.78 Å². The number of rotatable bonds is 21. The summed E-state index contributed by atoms with van der Waals surface area (Å²) in [6.45, 7) is 1.03. The Morgan fingerprint density at radius 2 is 1.64 bits per heavy atom. The quantitative estimate of drug-likeness (QED) is 0.0251. The fraction of sp³-hybridized carbons (Fsp3) is 0.446. The second kappa shape index (κ2) is 25.7. The average molecular weight is 1140 g/mol. The van der Waals surface area contributed by atoms with Gasteiger partial charge < -0.3 is 56.5 Å². The minimum Gasteiger partial charge on any atom is -0.370 e. The number of imide groups is 1. The molecule has 22 nitrogen and oxygen atoms in total. The van der Waals surface area contributed by atoms with Gasteiger partial charge in [-0.25, -0.2) is 0 Å². The highest BCUT2D eigenvalue weighted by molar-refractivity contribution is 7.52. The van der Waals surface area contributed by atoms with Crippen LogP contribution in [0, 0.1) is 11.8 Å². The van der Waals surface area contributed by atoms with Gasteiger partial charge in [0.05, 0.1) is 0 Å². The average Bonchev–Trinajstić information content (AvgIpc) is 4.26. The highest BCUT2D eigenvalue weighted by Gasteiger charge is 2.51. The van der Waals surface area contributed by atoms with E-state index in [2.05, 4.69) is 43.4 Å². The topological polar surface area (TPSA) is 323 Å². The Hall–Kier alpha value is -7.84. The summed E-state index contributed by atoms with van der Waals surface area (Å²) in [6, 6.07) is 11.8. The normalized spacial score (nSPS) is 20.2. The molecule has 6 atom stereocenters. The Morgan fingerprint density at radius 3 is 2.38 bits per heavy atom. The number of likely N-dealkylation sites (N-methyl/N-ethyl adjacent to an activating group) is 1. The van der Waals surface area contributed by atoms with Gasteiger partial charge in [-0.15, -0.1) is 0 Å². The number of hydrogen-bond donors (Lipinski definition) is 9. The fourth-order valence-electron chi connectivity index (χ4n) is 10.8. The lowest BCUT2D eigenvalue weighted by Gasteiger charge is -2.38. The molecule has 3 saturated heterocycles. The van der Waals surface area contributed by atoms with E-state index in [0.29, 0.717) is 49.9 Å². The molecule has 1 aromatic heterocycles. The van der Waals surface area contributed by atoms with Gasteiger partial charge in [-0.05, 0) is 100.0 Å². The number of benzene rings is 3. The highest BCUT2D eigenvalue weighted by Crippen LogP contribution is 2.59. The number of aromatic amines is 1. The summed E-state index contributed by atoms with van der Waals surface area (Å²) < 4.78 is 40.6. The van der Waals surface area contributed by atoms with Crippen LogP contribution in [-0.2, 0) is 50.3 Å². The molecule has 0 radical (unpaired) electrons. The lowest BCUT2D eigenvalue weighted by atomic mass is 10.0. The summed E-state index contributed by atoms with van der Waals surface area (Å²) >= 11 is 0. The molecule has 430 valence electrons. The third-order valence-electron chi connectivity index (χ3n) is 15.2. The Balaban J connectivity index is 0.843. The van der Waals surface area contributed by atoms with Crippen LogP contribution in [0.25, 0.3) is 10.9 Å². The first-order valence-corrected chi connectivity index (χ1v) is 28.6. The van der Waals surface area contributed by atoms with E-state index in [9.17, 15) is 66.3 Å². The Labute approximate surface area is 465 Å². The van der Waals surface area contributed by atoms with Crippen molar-refractivity contribution in [2.75, 3.05) is 26.7 Å². The summed E-state index contributed by atoms with van der Waals surface area (Å²) in [4.78, 5) is 146. The monoisotopic (exact) mass is 1140 g/mol. The molecule has 4 aromatic rings. The number of piperidine rings is 1. The molecular formula is C56H65F2N10O12P. The minimum atomic E-state index is -5.88. The molecule has 9 amide bonds. The summed E-state index contributed by atoms with van der Waals surface area (Å²) in [5.74, 6) is 1.15. The number of nitrogens with two attached hydrogens (primary N) is 1. The van der Waals surface area contributed by atoms with Gasteiger partial charge in [0, 0.05) is 72.5 Å². The van der Waals surface area contributed by atoms with Crippen LogP contribution in [0.5, 0.6) is 0 Å². The number of H-pyrrole nitrogens is 1. The number of alkyl halides is 2. The third-order valence-corrected chi connectivity index (χ3v) is 16.1. The van der Waals surface area contributed by atoms with Gasteiger partial charge in [-0.3, -0.25) is 53.0 Å². The summed E-state index contributed by atoms with van der Waals surface area (Å²) in [5.41, 5.74) is 2.55. The van der Waals surface area contributed by atoms with E-state index in [0.717, 1.165) is 55.0 Å². The number of unbranched alkanes of at least 4 members (excludes halogenated alkanes) is 5. The van der Waals surface area contributed by atoms with Crippen molar-refractivity contribution in [2.45, 2.75) is 132 Å². The van der Waals surface area contributed by atoms with Crippen molar-refractivity contribution in [3.8, 4) is 11.8 Å². The predicted molar refractivity (Wildman–Crippen MR) is 289 cm³/mol. The molecule has 3 aromatic carbocycles. The summed E-state index contributed by atoms with van der Waals surface area (Å²) in [7, 11) is -4.12. The number of carbonyl (C=O) groups is 9. The Kier molecular flexibility index (Phi) is 18.8. The number of fused-ring (bicyclic) bond motifs is 3. The Bertz CT molecular complexity index is 3210. The van der Waals surface area contributed by atoms with E-state index in [-0.39, 0.29) is 73.6 Å². The second-order valence-electron chi connectivity index (χ2n) is 20.9. The van der Waals surface area contributed by atoms with Gasteiger partial charge in [-0.2, -0.15) is 8.78 Å². The summed E-state index contributed by atoms with van der Waals surface area (Å²) in [6.07, 6.45) is 5.55. The van der Waals surface area contributed by atoms with Crippen molar-refractivity contribution in [3.05, 3.63) is 106 Å². The molecule has 1 unspecified atom stereocenters. The lowest BCUT2D eigenvalue weighted by Crippen LogP contribution is -2.61. The number of amides is 9. The molecule has 0 saturated carbocycles. The molecule has 81 heavy (non-hydrogen) atoms. The van der Waals surface area contributed by atoms with Crippen molar-refractivity contribution in [3.63, 3.8) is 0 Å². The van der Waals surface area contributed by atoms with Gasteiger partial charge in [-0.1, -0.05) is 73.6 Å². The van der Waals surface area contributed by atoms with E-state index >= 15 is 0 Å². The maximum Gasteiger partial charge on any atom is 0.399 e. The predicted octanol–water partition coefficient (Wildman–Crippen LogP) is 3.07. The molecule has 5 heterocycles. The van der Waals surface area contributed by atoms with Crippen LogP contribution in [0.2, 0.25) is 0 Å². The fourth-order valence-corrected chi connectivity index (χ4v) is 11.3. The first-order chi connectivity index (χ1) is 38.6. The molecule has 4 aliphatic heterocycles. The molecule has 4 aliphatic rings. The number of primary amides is 1. The molecule has 0 spiro atoms. The molecule has 25 heteroatoms. The van der Waals surface area contributed by atoms with Gasteiger partial charge in [0.2, 0.25) is 41.4 Å². The van der Waals surface area contributed by atoms with E-state index in [1.165, 1.54) is 15.9 Å². The van der Waals surface area contributed by atoms with Gasteiger partial charge in [0.15, 0.2) is 0 Å². The standard InChI is InChI=1S/C56H65F2N10O12P/c1-66-28-26-37-19-22-45(68(37)55(77)43(32-66)63-50(72)42-30-35-29-36(18-20-40(35)61-42)56(57,58)81(78,79)80)52(74)62-41(21-24-46(59)69)49(71)65-48(34-14-9-7-10-15-34)53(75)60-27-11-6-4-2-3-5-8-13-33-16-12-17-38-39(33)31-67(54(38)76)44-23-25-47(70)64-51(44)73/h7,9-10,12,14-18,20,29-30,37,41,43-45,48,61H,2-6,11,19,21-28,31-32H2,1H3,(H2,59,69)(H,60,75)(H,62,74)(H,63,72)(H,65,71)(H,64,70,73)(H2,78,79,80)/t37-,41+,43+,44?,45+,48+/m1/s1. The van der Waals surface area contributed by atoms with Crippen molar-refractivity contribution in [2.24, 2.45) is 5.73 Å². The van der Waals surface area contributed by atoms with Crippen LogP contribution in [-0.4, -0.2) is 140 Å². The molecule has 8 rings (SSSR count). The zero-order chi connectivity index (χ0) is 58.2. The highest BCUT2D eigenvalue weighted by atomic mass is 31.2. The van der Waals surface area contributed by atoms with Crippen LogP contribution in [0.3, 0.4) is 0 Å². The zero-order valence-corrected chi connectivity index (χ0v) is 45.4. The largest absolute Gasteiger partial charge is 0.399 e. The minimum absolute atomic E-state index is 0.0194. The number of nitrogens with zero attached hydrogens (tertiary/aromatic N) is 3. The number of carbonyl (C=O) groups excluding carboxylic acids is 9. The van der Waals surface area contributed by atoms with Crippen molar-refractivity contribution in [1.82, 2.24) is 46.3 Å².